The molecule has 0 aromatic carbocycles. The van der Waals surface area contributed by atoms with Crippen LogP contribution in [0.4, 0.5) is 0 Å². The van der Waals surface area contributed by atoms with Crippen LogP contribution in [0.2, 0.25) is 0 Å². The molecule has 1 saturated carbocycles. The average Bonchev–Trinajstić information content (AvgIpc) is 2.97. The van der Waals surface area contributed by atoms with Crippen LogP contribution in [0.3, 0.4) is 0 Å². The second-order valence-electron chi connectivity index (χ2n) is 5.28. The van der Waals surface area contributed by atoms with E-state index in [0.29, 0.717) is 12.1 Å². The number of carbonyl (C=O) groups is 1. The lowest BCUT2D eigenvalue weighted by Gasteiger charge is -2.27. The van der Waals surface area contributed by atoms with E-state index in [1.807, 2.05) is 6.92 Å². The molecule has 0 radical (unpaired) electrons. The van der Waals surface area contributed by atoms with Crippen LogP contribution in [-0.2, 0) is 4.79 Å². The van der Waals surface area contributed by atoms with E-state index >= 15 is 0 Å². The monoisotopic (exact) mass is 225 g/mol. The molecule has 16 heavy (non-hydrogen) atoms. The van der Waals surface area contributed by atoms with E-state index in [1.165, 1.54) is 25.7 Å². The summed E-state index contributed by atoms with van der Waals surface area (Å²) in [7, 11) is 0. The van der Waals surface area contributed by atoms with Crippen molar-refractivity contribution in [1.82, 2.24) is 10.2 Å². The predicted molar refractivity (Wildman–Crippen MR) is 64.0 cm³/mol. The fourth-order valence-corrected chi connectivity index (χ4v) is 2.45. The molecule has 4 nitrogen and oxygen atoms in total. The minimum atomic E-state index is -0.176. The molecule has 2 rings (SSSR count). The van der Waals surface area contributed by atoms with E-state index in [1.54, 1.807) is 0 Å². The molecule has 2 atom stereocenters. The Morgan fingerprint density at radius 3 is 2.75 bits per heavy atom. The number of primary amides is 1. The van der Waals surface area contributed by atoms with Crippen molar-refractivity contribution in [2.45, 2.75) is 44.7 Å². The zero-order valence-corrected chi connectivity index (χ0v) is 10.1. The van der Waals surface area contributed by atoms with Crippen molar-refractivity contribution in [2.24, 2.45) is 11.7 Å². The largest absolute Gasteiger partial charge is 0.369 e. The minimum Gasteiger partial charge on any atom is -0.369 e. The summed E-state index contributed by atoms with van der Waals surface area (Å²) < 4.78 is 0. The van der Waals surface area contributed by atoms with Crippen molar-refractivity contribution >= 4 is 5.91 Å². The van der Waals surface area contributed by atoms with Crippen LogP contribution in [0.1, 0.15) is 32.6 Å². The van der Waals surface area contributed by atoms with Crippen LogP contribution in [-0.4, -0.2) is 42.5 Å². The van der Waals surface area contributed by atoms with Crippen molar-refractivity contribution in [2.75, 3.05) is 19.6 Å². The van der Waals surface area contributed by atoms with Gasteiger partial charge in [-0.1, -0.05) is 6.92 Å². The molecule has 0 aromatic heterocycles. The third-order valence-corrected chi connectivity index (χ3v) is 3.67. The van der Waals surface area contributed by atoms with Gasteiger partial charge >= 0.3 is 0 Å². The third kappa shape index (κ3) is 3.19. The number of nitrogens with zero attached hydrogens (tertiary/aromatic N) is 1. The molecule has 1 saturated heterocycles. The van der Waals surface area contributed by atoms with Crippen molar-refractivity contribution in [1.29, 1.82) is 0 Å². The lowest BCUT2D eigenvalue weighted by atomic mass is 10.1. The van der Waals surface area contributed by atoms with E-state index < -0.39 is 0 Å². The topological polar surface area (TPSA) is 58.4 Å². The van der Waals surface area contributed by atoms with Crippen molar-refractivity contribution in [3.8, 4) is 0 Å². The highest BCUT2D eigenvalue weighted by Crippen LogP contribution is 2.28. The Hall–Kier alpha value is -0.610. The molecule has 1 amide bonds. The molecule has 2 aliphatic rings. The van der Waals surface area contributed by atoms with E-state index in [-0.39, 0.29) is 11.8 Å². The molecule has 0 aromatic rings. The van der Waals surface area contributed by atoms with Crippen LogP contribution < -0.4 is 11.1 Å². The minimum absolute atomic E-state index is 0.0259. The van der Waals surface area contributed by atoms with Gasteiger partial charge < -0.3 is 11.1 Å². The van der Waals surface area contributed by atoms with Gasteiger partial charge in [0.25, 0.3) is 0 Å². The number of rotatable bonds is 6. The van der Waals surface area contributed by atoms with Gasteiger partial charge in [0, 0.05) is 31.1 Å². The average molecular weight is 225 g/mol. The number of hydrogen-bond acceptors (Lipinski definition) is 3. The molecule has 1 aliphatic heterocycles. The summed E-state index contributed by atoms with van der Waals surface area (Å²) in [6, 6.07) is 1.34. The Kier molecular flexibility index (Phi) is 3.82. The maximum atomic E-state index is 11.1. The highest BCUT2D eigenvalue weighted by molar-refractivity contribution is 5.76. The first kappa shape index (κ1) is 11.9. The zero-order chi connectivity index (χ0) is 11.5. The second kappa shape index (κ2) is 5.15. The van der Waals surface area contributed by atoms with Crippen LogP contribution in [0.15, 0.2) is 0 Å². The fourth-order valence-electron chi connectivity index (χ4n) is 2.45. The number of carbonyl (C=O) groups excluding carboxylic acids is 1. The van der Waals surface area contributed by atoms with E-state index in [0.717, 1.165) is 19.6 Å². The zero-order valence-electron chi connectivity index (χ0n) is 10.1. The molecule has 1 aliphatic carbocycles. The van der Waals surface area contributed by atoms with Gasteiger partial charge in [0.15, 0.2) is 0 Å². The Morgan fingerprint density at radius 2 is 2.25 bits per heavy atom. The molecule has 0 bridgehead atoms. The maximum absolute atomic E-state index is 11.1. The SMILES string of the molecule is CC(CN(CC1CCCN1)C1CC1)C(N)=O. The summed E-state index contributed by atoms with van der Waals surface area (Å²) in [5.41, 5.74) is 5.33. The number of hydrogen-bond donors (Lipinski definition) is 2. The summed E-state index contributed by atoms with van der Waals surface area (Å²) in [5.74, 6) is -0.202. The van der Waals surface area contributed by atoms with Gasteiger partial charge in [-0.25, -0.2) is 0 Å². The Labute approximate surface area is 97.6 Å². The molecule has 2 fully saturated rings. The number of amides is 1. The van der Waals surface area contributed by atoms with Crippen LogP contribution >= 0.6 is 0 Å². The van der Waals surface area contributed by atoms with Gasteiger partial charge in [0.1, 0.15) is 0 Å². The smallest absolute Gasteiger partial charge is 0.221 e. The molecule has 92 valence electrons. The first-order valence-corrected chi connectivity index (χ1v) is 6.43. The normalized spacial score (nSPS) is 27.2. The predicted octanol–water partition coefficient (Wildman–Crippen LogP) is 0.324. The molecular weight excluding hydrogens is 202 g/mol. The van der Waals surface area contributed by atoms with Crippen molar-refractivity contribution in [3.05, 3.63) is 0 Å². The Morgan fingerprint density at radius 1 is 1.50 bits per heavy atom. The van der Waals surface area contributed by atoms with Gasteiger partial charge in [-0.2, -0.15) is 0 Å². The van der Waals surface area contributed by atoms with Crippen LogP contribution in [0.5, 0.6) is 0 Å². The Balaban J connectivity index is 1.81. The summed E-state index contributed by atoms with van der Waals surface area (Å²) in [5, 5.41) is 3.51. The third-order valence-electron chi connectivity index (χ3n) is 3.67. The summed E-state index contributed by atoms with van der Waals surface area (Å²) in [6.07, 6.45) is 5.14. The number of nitrogens with two attached hydrogens (primary N) is 1. The standard InChI is InChI=1S/C12H23N3O/c1-9(12(13)16)7-15(11-4-5-11)8-10-3-2-6-14-10/h9-11,14H,2-8H2,1H3,(H2,13,16). The van der Waals surface area contributed by atoms with Gasteiger partial charge in [-0.3, -0.25) is 9.69 Å². The highest BCUT2D eigenvalue weighted by atomic mass is 16.1. The van der Waals surface area contributed by atoms with Crippen molar-refractivity contribution in [3.63, 3.8) is 0 Å². The molecule has 0 spiro atoms. The van der Waals surface area contributed by atoms with Crippen LogP contribution in [0.25, 0.3) is 0 Å². The van der Waals surface area contributed by atoms with Gasteiger partial charge in [-0.05, 0) is 32.2 Å². The van der Waals surface area contributed by atoms with E-state index in [9.17, 15) is 4.79 Å². The Bertz CT molecular complexity index is 247. The van der Waals surface area contributed by atoms with Gasteiger partial charge in [0.2, 0.25) is 5.91 Å². The molecule has 2 unspecified atom stereocenters. The molecule has 3 N–H and O–H groups in total. The fraction of sp³-hybridized carbons (Fsp3) is 0.917. The van der Waals surface area contributed by atoms with Crippen LogP contribution in [0, 0.1) is 5.92 Å². The first-order valence-electron chi connectivity index (χ1n) is 6.43. The quantitative estimate of drug-likeness (QED) is 0.684. The van der Waals surface area contributed by atoms with E-state index in [2.05, 4.69) is 10.2 Å². The number of nitrogens with one attached hydrogen (secondary N) is 1. The van der Waals surface area contributed by atoms with Crippen molar-refractivity contribution < 1.29 is 4.79 Å². The molecule has 4 heteroatoms. The van der Waals surface area contributed by atoms with Gasteiger partial charge in [-0.15, -0.1) is 0 Å². The highest BCUT2D eigenvalue weighted by Gasteiger charge is 2.32. The maximum Gasteiger partial charge on any atom is 0.221 e. The van der Waals surface area contributed by atoms with E-state index in [4.69, 9.17) is 5.73 Å². The lowest BCUT2D eigenvalue weighted by molar-refractivity contribution is -0.121. The second-order valence-corrected chi connectivity index (χ2v) is 5.28. The first-order chi connectivity index (χ1) is 7.66. The molecular formula is C12H23N3O. The van der Waals surface area contributed by atoms with Gasteiger partial charge in [0.05, 0.1) is 0 Å². The summed E-state index contributed by atoms with van der Waals surface area (Å²) in [6.45, 7) is 4.99. The molecule has 1 heterocycles. The lowest BCUT2D eigenvalue weighted by Crippen LogP contribution is -2.43. The summed E-state index contributed by atoms with van der Waals surface area (Å²) in [4.78, 5) is 13.6. The summed E-state index contributed by atoms with van der Waals surface area (Å²) >= 11 is 0.